The van der Waals surface area contributed by atoms with Gasteiger partial charge < -0.3 is 9.84 Å². The molecule has 5 atom stereocenters. The molecule has 3 nitrogen and oxygen atoms in total. The molecule has 0 aromatic carbocycles. The average Bonchev–Trinajstić information content (AvgIpc) is 2.69. The van der Waals surface area contributed by atoms with Gasteiger partial charge in [0.2, 0.25) is 0 Å². The molecule has 2 fully saturated rings. The van der Waals surface area contributed by atoms with Gasteiger partial charge in [0.05, 0.1) is 5.60 Å². The number of aliphatic hydroxyl groups is 1. The highest BCUT2D eigenvalue weighted by molar-refractivity contribution is 5.91. The Balaban J connectivity index is 2.04. The molecule has 1 aliphatic heterocycles. The number of carbonyl (C=O) groups excluding carboxylic acids is 1. The topological polar surface area (TPSA) is 46.5 Å². The minimum atomic E-state index is -0.939. The van der Waals surface area contributed by atoms with E-state index in [1.807, 2.05) is 12.2 Å². The van der Waals surface area contributed by atoms with Crippen LogP contribution < -0.4 is 0 Å². The molecule has 96 valence electrons. The van der Waals surface area contributed by atoms with Gasteiger partial charge in [-0.05, 0) is 19.8 Å². The van der Waals surface area contributed by atoms with E-state index >= 15 is 0 Å². The Morgan fingerprint density at radius 3 is 2.94 bits per heavy atom. The van der Waals surface area contributed by atoms with Gasteiger partial charge >= 0.3 is 5.97 Å². The van der Waals surface area contributed by atoms with Crippen molar-refractivity contribution in [2.75, 3.05) is 0 Å². The average molecular weight is 246 g/mol. The van der Waals surface area contributed by atoms with E-state index in [0.717, 1.165) is 18.4 Å². The van der Waals surface area contributed by atoms with E-state index < -0.39 is 5.60 Å². The Hall–Kier alpha value is -1.35. The van der Waals surface area contributed by atoms with E-state index in [2.05, 4.69) is 13.2 Å². The van der Waals surface area contributed by atoms with Crippen molar-refractivity contribution in [3.05, 3.63) is 36.5 Å². The molecule has 0 aromatic rings. The molecule has 3 rings (SSSR count). The standard InChI is InChI=1S/C15H18O3/c1-8-4-5-11-9(2)14(16)18-13(11)12-10(8)6-7-15(12,3)17/h6-7,10-13,17H,1-2,4-5H2,3H3/t10-,11-,12-,13-,15-/m0/s1. The van der Waals surface area contributed by atoms with Crippen LogP contribution in [0.1, 0.15) is 19.8 Å². The fourth-order valence-electron chi connectivity index (χ4n) is 3.62. The zero-order valence-corrected chi connectivity index (χ0v) is 10.6. The highest BCUT2D eigenvalue weighted by Crippen LogP contribution is 2.50. The van der Waals surface area contributed by atoms with E-state index in [9.17, 15) is 9.90 Å². The van der Waals surface area contributed by atoms with Crippen LogP contribution in [0.2, 0.25) is 0 Å². The van der Waals surface area contributed by atoms with Gasteiger partial charge in [-0.2, -0.15) is 0 Å². The predicted molar refractivity (Wildman–Crippen MR) is 67.6 cm³/mol. The quantitative estimate of drug-likeness (QED) is 0.404. The molecular formula is C15H18O3. The van der Waals surface area contributed by atoms with Gasteiger partial charge in [0.25, 0.3) is 0 Å². The minimum absolute atomic E-state index is 0.0237. The van der Waals surface area contributed by atoms with Crippen molar-refractivity contribution >= 4 is 5.97 Å². The Bertz CT molecular complexity index is 472. The Labute approximate surface area is 107 Å². The Kier molecular flexibility index (Phi) is 2.33. The monoisotopic (exact) mass is 246 g/mol. The molecule has 0 amide bonds. The maximum atomic E-state index is 11.7. The number of fused-ring (bicyclic) bond motifs is 3. The molecule has 0 bridgehead atoms. The minimum Gasteiger partial charge on any atom is -0.458 e. The molecule has 1 saturated heterocycles. The van der Waals surface area contributed by atoms with Crippen LogP contribution in [-0.2, 0) is 9.53 Å². The lowest BCUT2D eigenvalue weighted by molar-refractivity contribution is -0.145. The fourth-order valence-corrected chi connectivity index (χ4v) is 3.62. The summed E-state index contributed by atoms with van der Waals surface area (Å²) in [4.78, 5) is 11.7. The van der Waals surface area contributed by atoms with Gasteiger partial charge in [-0.1, -0.05) is 30.9 Å². The lowest BCUT2D eigenvalue weighted by atomic mass is 9.76. The summed E-state index contributed by atoms with van der Waals surface area (Å²) in [6.07, 6.45) is 5.25. The van der Waals surface area contributed by atoms with Crippen molar-refractivity contribution < 1.29 is 14.6 Å². The van der Waals surface area contributed by atoms with Crippen molar-refractivity contribution in [3.8, 4) is 0 Å². The third-order valence-electron chi connectivity index (χ3n) is 4.65. The fraction of sp³-hybridized carbons (Fsp3) is 0.533. The van der Waals surface area contributed by atoms with Crippen molar-refractivity contribution in [2.24, 2.45) is 17.8 Å². The number of hydrogen-bond acceptors (Lipinski definition) is 3. The highest BCUT2D eigenvalue weighted by Gasteiger charge is 2.54. The molecular weight excluding hydrogens is 228 g/mol. The molecule has 0 spiro atoms. The van der Waals surface area contributed by atoms with Gasteiger partial charge in [0.1, 0.15) is 6.10 Å². The van der Waals surface area contributed by atoms with Crippen molar-refractivity contribution in [2.45, 2.75) is 31.5 Å². The summed E-state index contributed by atoms with van der Waals surface area (Å²) in [5.41, 5.74) is 0.731. The smallest absolute Gasteiger partial charge is 0.334 e. The predicted octanol–water partition coefficient (Wildman–Crippen LogP) is 1.99. The number of esters is 1. The van der Waals surface area contributed by atoms with E-state index in [1.54, 1.807) is 6.92 Å². The molecule has 1 saturated carbocycles. The zero-order chi connectivity index (χ0) is 13.1. The Morgan fingerprint density at radius 2 is 2.22 bits per heavy atom. The molecule has 18 heavy (non-hydrogen) atoms. The summed E-state index contributed by atoms with van der Waals surface area (Å²) in [5, 5.41) is 10.5. The largest absolute Gasteiger partial charge is 0.458 e. The van der Waals surface area contributed by atoms with E-state index in [-0.39, 0.29) is 29.8 Å². The van der Waals surface area contributed by atoms with E-state index in [0.29, 0.717) is 5.57 Å². The zero-order valence-electron chi connectivity index (χ0n) is 10.6. The van der Waals surface area contributed by atoms with Crippen LogP contribution in [0.3, 0.4) is 0 Å². The van der Waals surface area contributed by atoms with Crippen LogP contribution in [0.25, 0.3) is 0 Å². The number of hydrogen-bond donors (Lipinski definition) is 1. The number of ether oxygens (including phenoxy) is 1. The van der Waals surface area contributed by atoms with E-state index in [1.165, 1.54) is 0 Å². The molecule has 3 heteroatoms. The lowest BCUT2D eigenvalue weighted by Crippen LogP contribution is -2.42. The summed E-state index contributed by atoms with van der Waals surface area (Å²) < 4.78 is 5.48. The van der Waals surface area contributed by atoms with Crippen molar-refractivity contribution in [1.29, 1.82) is 0 Å². The van der Waals surface area contributed by atoms with Crippen molar-refractivity contribution in [1.82, 2.24) is 0 Å². The van der Waals surface area contributed by atoms with Crippen LogP contribution in [0, 0.1) is 17.8 Å². The Morgan fingerprint density at radius 1 is 1.50 bits per heavy atom. The second-order valence-electron chi connectivity index (χ2n) is 5.84. The SMILES string of the molecule is C=C1CC[C@H]2C(=C)C(=O)O[C@@H]2[C@@H]2[C@H]1C=C[C@]2(C)O. The van der Waals surface area contributed by atoms with Gasteiger partial charge in [-0.15, -0.1) is 0 Å². The summed E-state index contributed by atoms with van der Waals surface area (Å²) in [5.74, 6) is -0.302. The lowest BCUT2D eigenvalue weighted by Gasteiger charge is -2.34. The summed E-state index contributed by atoms with van der Waals surface area (Å²) in [6.45, 7) is 9.74. The molecule has 0 aromatic heterocycles. The molecule has 0 radical (unpaired) electrons. The number of allylic oxidation sites excluding steroid dienone is 2. The molecule has 2 aliphatic carbocycles. The normalized spacial score (nSPS) is 46.7. The van der Waals surface area contributed by atoms with Crippen molar-refractivity contribution in [3.63, 3.8) is 0 Å². The van der Waals surface area contributed by atoms with Gasteiger partial charge in [-0.25, -0.2) is 4.79 Å². The van der Waals surface area contributed by atoms with Crippen LogP contribution in [0.15, 0.2) is 36.5 Å². The molecule has 1 N–H and O–H groups in total. The van der Waals surface area contributed by atoms with Gasteiger partial charge in [-0.3, -0.25) is 0 Å². The summed E-state index contributed by atoms with van der Waals surface area (Å²) in [6, 6.07) is 0. The summed E-state index contributed by atoms with van der Waals surface area (Å²) in [7, 11) is 0. The molecule has 3 aliphatic rings. The maximum Gasteiger partial charge on any atom is 0.334 e. The van der Waals surface area contributed by atoms with E-state index in [4.69, 9.17) is 4.74 Å². The molecule has 0 unspecified atom stereocenters. The number of carbonyl (C=O) groups is 1. The van der Waals surface area contributed by atoms with Crippen LogP contribution in [-0.4, -0.2) is 22.8 Å². The maximum absolute atomic E-state index is 11.7. The van der Waals surface area contributed by atoms with Crippen LogP contribution in [0.4, 0.5) is 0 Å². The van der Waals surface area contributed by atoms with Crippen LogP contribution >= 0.6 is 0 Å². The van der Waals surface area contributed by atoms with Gasteiger partial charge in [0, 0.05) is 23.3 Å². The highest BCUT2D eigenvalue weighted by atomic mass is 16.6. The first-order chi connectivity index (χ1) is 8.42. The van der Waals surface area contributed by atoms with Crippen LogP contribution in [0.5, 0.6) is 0 Å². The first kappa shape index (κ1) is 11.7. The first-order valence-corrected chi connectivity index (χ1v) is 6.41. The number of rotatable bonds is 0. The third-order valence-corrected chi connectivity index (χ3v) is 4.65. The summed E-state index contributed by atoms with van der Waals surface area (Å²) >= 11 is 0. The molecule has 1 heterocycles. The third kappa shape index (κ3) is 1.43. The second kappa shape index (κ2) is 3.58. The first-order valence-electron chi connectivity index (χ1n) is 6.41. The second-order valence-corrected chi connectivity index (χ2v) is 5.84. The van der Waals surface area contributed by atoms with Gasteiger partial charge in [0.15, 0.2) is 0 Å².